The molecule has 0 amide bonds. The number of rotatable bonds is 9. The molecule has 0 unspecified atom stereocenters. The fourth-order valence-corrected chi connectivity index (χ4v) is 5.72. The summed E-state index contributed by atoms with van der Waals surface area (Å²) in [5.74, 6) is 2.31. The summed E-state index contributed by atoms with van der Waals surface area (Å²) in [5, 5.41) is 11.7. The minimum absolute atomic E-state index is 0. The van der Waals surface area contributed by atoms with Gasteiger partial charge in [0.1, 0.15) is 29.6 Å². The SMILES string of the molecule is CCS(=O)(=O)c1ccc(-c2ccc3cc(O)ccc3c2Oc2ccc(OCCN3CCCCC3)cc2)cc1.Cl. The van der Waals surface area contributed by atoms with Crippen molar-refractivity contribution in [1.29, 1.82) is 0 Å². The Labute approximate surface area is 236 Å². The largest absolute Gasteiger partial charge is 0.508 e. The predicted octanol–water partition coefficient (Wildman–Crippen LogP) is 7.08. The molecule has 0 atom stereocenters. The quantitative estimate of drug-likeness (QED) is 0.233. The third-order valence-corrected chi connectivity index (χ3v) is 8.78. The van der Waals surface area contributed by atoms with E-state index < -0.39 is 9.84 Å². The van der Waals surface area contributed by atoms with Gasteiger partial charge in [0, 0.05) is 17.5 Å². The van der Waals surface area contributed by atoms with Gasteiger partial charge in [-0.2, -0.15) is 0 Å². The molecule has 1 heterocycles. The van der Waals surface area contributed by atoms with Crippen LogP contribution in [0.15, 0.2) is 83.8 Å². The summed E-state index contributed by atoms with van der Waals surface area (Å²) < 4.78 is 36.9. The van der Waals surface area contributed by atoms with Gasteiger partial charge in [-0.1, -0.05) is 31.5 Å². The number of ether oxygens (including phenoxy) is 2. The molecule has 1 fully saturated rings. The van der Waals surface area contributed by atoms with E-state index in [1.165, 1.54) is 19.3 Å². The maximum Gasteiger partial charge on any atom is 0.178 e. The number of likely N-dealkylation sites (tertiary alicyclic amines) is 1. The van der Waals surface area contributed by atoms with Gasteiger partial charge in [0.2, 0.25) is 0 Å². The molecular formula is C31H34ClNO5S. The molecule has 4 aromatic carbocycles. The first-order chi connectivity index (χ1) is 18.4. The van der Waals surface area contributed by atoms with Crippen LogP contribution in [0, 0.1) is 0 Å². The Kier molecular flexibility index (Phi) is 9.38. The highest BCUT2D eigenvalue weighted by Crippen LogP contribution is 2.41. The van der Waals surface area contributed by atoms with E-state index in [4.69, 9.17) is 9.47 Å². The summed E-state index contributed by atoms with van der Waals surface area (Å²) in [6, 6.07) is 23.5. The molecular weight excluding hydrogens is 534 g/mol. The lowest BCUT2D eigenvalue weighted by atomic mass is 9.99. The van der Waals surface area contributed by atoms with Crippen LogP contribution < -0.4 is 9.47 Å². The van der Waals surface area contributed by atoms with Crippen LogP contribution >= 0.6 is 12.4 Å². The van der Waals surface area contributed by atoms with E-state index in [2.05, 4.69) is 4.90 Å². The van der Waals surface area contributed by atoms with Crippen LogP contribution in [0.4, 0.5) is 0 Å². The second kappa shape index (κ2) is 12.7. The van der Waals surface area contributed by atoms with Crippen molar-refractivity contribution in [3.05, 3.63) is 78.9 Å². The number of piperidine rings is 1. The molecule has 1 aliphatic rings. The number of hydrogen-bond donors (Lipinski definition) is 1. The Hall–Kier alpha value is -3.26. The van der Waals surface area contributed by atoms with Crippen molar-refractivity contribution in [2.45, 2.75) is 31.1 Å². The minimum Gasteiger partial charge on any atom is -0.508 e. The van der Waals surface area contributed by atoms with E-state index in [-0.39, 0.29) is 23.9 Å². The van der Waals surface area contributed by atoms with Crippen LogP contribution in [-0.4, -0.2) is 50.4 Å². The number of phenolic OH excluding ortho intramolecular Hbond substituents is 1. The first-order valence-corrected chi connectivity index (χ1v) is 14.8. The molecule has 6 nitrogen and oxygen atoms in total. The summed E-state index contributed by atoms with van der Waals surface area (Å²) in [6.45, 7) is 5.53. The molecule has 0 aromatic heterocycles. The van der Waals surface area contributed by atoms with Gasteiger partial charge in [0.05, 0.1) is 10.6 Å². The molecule has 5 rings (SSSR count). The lowest BCUT2D eigenvalue weighted by Crippen LogP contribution is -2.33. The number of benzene rings is 4. The van der Waals surface area contributed by atoms with Crippen LogP contribution in [0.5, 0.6) is 23.0 Å². The number of fused-ring (bicyclic) bond motifs is 1. The van der Waals surface area contributed by atoms with Crippen molar-refractivity contribution in [2.24, 2.45) is 0 Å². The first kappa shape index (κ1) is 28.7. The molecule has 0 radical (unpaired) electrons. The Morgan fingerprint density at radius 2 is 1.54 bits per heavy atom. The fraction of sp³-hybridized carbons (Fsp3) is 0.290. The molecule has 8 heteroatoms. The predicted molar refractivity (Wildman–Crippen MR) is 158 cm³/mol. The lowest BCUT2D eigenvalue weighted by Gasteiger charge is -2.26. The van der Waals surface area contributed by atoms with Gasteiger partial charge in [-0.15, -0.1) is 12.4 Å². The Morgan fingerprint density at radius 3 is 2.23 bits per heavy atom. The normalized spacial score (nSPS) is 14.1. The molecule has 4 aromatic rings. The van der Waals surface area contributed by atoms with Gasteiger partial charge in [-0.05, 0) is 97.5 Å². The topological polar surface area (TPSA) is 76.1 Å². The van der Waals surface area contributed by atoms with E-state index in [0.29, 0.717) is 23.0 Å². The third-order valence-electron chi connectivity index (χ3n) is 7.03. The van der Waals surface area contributed by atoms with Gasteiger partial charge in [-0.25, -0.2) is 8.42 Å². The van der Waals surface area contributed by atoms with Crippen molar-refractivity contribution < 1.29 is 23.0 Å². The van der Waals surface area contributed by atoms with E-state index in [9.17, 15) is 13.5 Å². The number of aromatic hydroxyl groups is 1. The number of hydrogen-bond acceptors (Lipinski definition) is 6. The summed E-state index contributed by atoms with van der Waals surface area (Å²) >= 11 is 0. The van der Waals surface area contributed by atoms with Crippen LogP contribution in [0.2, 0.25) is 0 Å². The van der Waals surface area contributed by atoms with Crippen molar-refractivity contribution in [3.63, 3.8) is 0 Å². The fourth-order valence-electron chi connectivity index (χ4n) is 4.83. The maximum absolute atomic E-state index is 12.3. The highest BCUT2D eigenvalue weighted by atomic mass is 35.5. The van der Waals surface area contributed by atoms with Crippen LogP contribution in [-0.2, 0) is 9.84 Å². The monoisotopic (exact) mass is 567 g/mol. The van der Waals surface area contributed by atoms with Gasteiger partial charge in [0.25, 0.3) is 0 Å². The Balaban J connectivity index is 0.00000353. The van der Waals surface area contributed by atoms with Gasteiger partial charge >= 0.3 is 0 Å². The number of nitrogens with zero attached hydrogens (tertiary/aromatic N) is 1. The van der Waals surface area contributed by atoms with E-state index in [0.717, 1.165) is 47.3 Å². The molecule has 0 saturated carbocycles. The highest BCUT2D eigenvalue weighted by Gasteiger charge is 2.16. The van der Waals surface area contributed by atoms with Crippen molar-refractivity contribution in [1.82, 2.24) is 4.90 Å². The number of sulfone groups is 1. The second-order valence-corrected chi connectivity index (χ2v) is 11.9. The van der Waals surface area contributed by atoms with Gasteiger partial charge in [0.15, 0.2) is 9.84 Å². The van der Waals surface area contributed by atoms with Gasteiger partial charge in [-0.3, -0.25) is 4.90 Å². The highest BCUT2D eigenvalue weighted by molar-refractivity contribution is 7.91. The zero-order chi connectivity index (χ0) is 26.5. The molecule has 0 spiro atoms. The van der Waals surface area contributed by atoms with Gasteiger partial charge < -0.3 is 14.6 Å². The molecule has 206 valence electrons. The van der Waals surface area contributed by atoms with Crippen molar-refractivity contribution >= 4 is 33.0 Å². The summed E-state index contributed by atoms with van der Waals surface area (Å²) in [4.78, 5) is 2.75. The number of phenols is 1. The maximum atomic E-state index is 12.3. The summed E-state index contributed by atoms with van der Waals surface area (Å²) in [5.41, 5.74) is 1.66. The smallest absolute Gasteiger partial charge is 0.178 e. The van der Waals surface area contributed by atoms with Crippen LogP contribution in [0.1, 0.15) is 26.2 Å². The molecule has 39 heavy (non-hydrogen) atoms. The third kappa shape index (κ3) is 6.85. The first-order valence-electron chi connectivity index (χ1n) is 13.1. The molecule has 0 aliphatic carbocycles. The average molecular weight is 568 g/mol. The van der Waals surface area contributed by atoms with E-state index in [1.807, 2.05) is 42.5 Å². The van der Waals surface area contributed by atoms with Crippen LogP contribution in [0.25, 0.3) is 21.9 Å². The standard InChI is InChI=1S/C31H33NO5S.ClH/c1-2-38(34,35)28-14-6-23(7-15-28)29-16-8-24-22-25(33)9-17-30(24)31(29)37-27-12-10-26(11-13-27)36-21-20-32-18-4-3-5-19-32;/h6-17,22,33H,2-5,18-21H2,1H3;1H. The summed E-state index contributed by atoms with van der Waals surface area (Å²) in [6.07, 6.45) is 3.86. The van der Waals surface area contributed by atoms with Crippen molar-refractivity contribution in [2.75, 3.05) is 32.0 Å². The lowest BCUT2D eigenvalue weighted by molar-refractivity contribution is 0.183. The summed E-state index contributed by atoms with van der Waals surface area (Å²) in [7, 11) is -3.29. The molecule has 1 aliphatic heterocycles. The molecule has 1 N–H and O–H groups in total. The minimum atomic E-state index is -3.29. The van der Waals surface area contributed by atoms with E-state index in [1.54, 1.807) is 43.3 Å². The number of halogens is 1. The van der Waals surface area contributed by atoms with Crippen LogP contribution in [0.3, 0.4) is 0 Å². The zero-order valence-corrected chi connectivity index (χ0v) is 23.6. The molecule has 1 saturated heterocycles. The Morgan fingerprint density at radius 1 is 0.846 bits per heavy atom. The Bertz CT molecular complexity index is 1500. The van der Waals surface area contributed by atoms with E-state index >= 15 is 0 Å². The van der Waals surface area contributed by atoms with Crippen molar-refractivity contribution in [3.8, 4) is 34.1 Å². The second-order valence-electron chi connectivity index (χ2n) is 9.60. The average Bonchev–Trinajstić information content (AvgIpc) is 2.94. The zero-order valence-electron chi connectivity index (χ0n) is 22.0. The molecule has 0 bridgehead atoms.